The lowest BCUT2D eigenvalue weighted by Gasteiger charge is -2.13. The van der Waals surface area contributed by atoms with Crippen LogP contribution in [0.3, 0.4) is 0 Å². The predicted molar refractivity (Wildman–Crippen MR) is 115 cm³/mol. The first-order valence-corrected chi connectivity index (χ1v) is 9.66. The molecule has 2 N–H and O–H groups in total. The van der Waals surface area contributed by atoms with Crippen molar-refractivity contribution in [2.75, 3.05) is 19.0 Å². The van der Waals surface area contributed by atoms with Crippen LogP contribution in [0.15, 0.2) is 60.9 Å². The van der Waals surface area contributed by atoms with Gasteiger partial charge in [0.2, 0.25) is 5.95 Å². The Bertz CT molecular complexity index is 955. The van der Waals surface area contributed by atoms with Crippen molar-refractivity contribution in [1.82, 2.24) is 15.3 Å². The highest BCUT2D eigenvalue weighted by molar-refractivity contribution is 5.93. The summed E-state index contributed by atoms with van der Waals surface area (Å²) in [5, 5.41) is 6.13. The first-order chi connectivity index (χ1) is 14.1. The maximum absolute atomic E-state index is 12.4. The van der Waals surface area contributed by atoms with E-state index < -0.39 is 0 Å². The fourth-order valence-electron chi connectivity index (χ4n) is 3.07. The molecule has 0 atom stereocenters. The van der Waals surface area contributed by atoms with E-state index in [9.17, 15) is 4.79 Å². The molecule has 0 saturated carbocycles. The molecule has 0 unspecified atom stereocenters. The van der Waals surface area contributed by atoms with Crippen molar-refractivity contribution in [3.05, 3.63) is 77.6 Å². The number of nitrogens with one attached hydrogen (secondary N) is 2. The molecule has 0 aliphatic rings. The third kappa shape index (κ3) is 5.31. The Morgan fingerprint density at radius 1 is 1.03 bits per heavy atom. The number of carbonyl (C=O) groups excluding carboxylic acids is 1. The van der Waals surface area contributed by atoms with Gasteiger partial charge in [-0.3, -0.25) is 4.79 Å². The smallest absolute Gasteiger partial charge is 0.254 e. The van der Waals surface area contributed by atoms with Crippen LogP contribution in [0, 0.1) is 0 Å². The van der Waals surface area contributed by atoms with Crippen molar-refractivity contribution in [3.8, 4) is 5.75 Å². The van der Waals surface area contributed by atoms with E-state index >= 15 is 0 Å². The Hall–Kier alpha value is -3.41. The lowest BCUT2D eigenvalue weighted by atomic mass is 10.0. The quantitative estimate of drug-likeness (QED) is 0.599. The van der Waals surface area contributed by atoms with Crippen LogP contribution in [0.25, 0.3) is 0 Å². The first kappa shape index (κ1) is 20.3. The number of hydrogen-bond donors (Lipinski definition) is 2. The van der Waals surface area contributed by atoms with E-state index in [2.05, 4.69) is 40.5 Å². The second kappa shape index (κ2) is 9.68. The summed E-state index contributed by atoms with van der Waals surface area (Å²) in [5.74, 6) is 1.46. The molecule has 0 aliphatic heterocycles. The van der Waals surface area contributed by atoms with Crippen LogP contribution in [-0.2, 0) is 6.42 Å². The highest BCUT2D eigenvalue weighted by atomic mass is 16.5. The van der Waals surface area contributed by atoms with Gasteiger partial charge in [0.1, 0.15) is 5.75 Å². The maximum atomic E-state index is 12.4. The summed E-state index contributed by atoms with van der Waals surface area (Å²) in [7, 11) is 1.64. The molecule has 1 heterocycles. The molecular weight excluding hydrogens is 364 g/mol. The molecule has 0 spiro atoms. The zero-order valence-corrected chi connectivity index (χ0v) is 17.0. The number of anilines is 2. The minimum atomic E-state index is -0.200. The third-order valence-corrected chi connectivity index (χ3v) is 4.62. The second-order valence-corrected chi connectivity index (χ2v) is 6.98. The van der Waals surface area contributed by atoms with Crippen LogP contribution < -0.4 is 15.4 Å². The lowest BCUT2D eigenvalue weighted by Crippen LogP contribution is -2.26. The van der Waals surface area contributed by atoms with Gasteiger partial charge < -0.3 is 15.4 Å². The second-order valence-electron chi connectivity index (χ2n) is 6.98. The van der Waals surface area contributed by atoms with Crippen LogP contribution >= 0.6 is 0 Å². The number of amides is 1. The van der Waals surface area contributed by atoms with E-state index in [4.69, 9.17) is 4.74 Å². The van der Waals surface area contributed by atoms with E-state index in [-0.39, 0.29) is 5.91 Å². The molecule has 0 aliphatic carbocycles. The van der Waals surface area contributed by atoms with Crippen molar-refractivity contribution in [2.45, 2.75) is 26.2 Å². The summed E-state index contributed by atoms with van der Waals surface area (Å²) in [4.78, 5) is 20.9. The Morgan fingerprint density at radius 2 is 1.72 bits per heavy atom. The molecule has 29 heavy (non-hydrogen) atoms. The summed E-state index contributed by atoms with van der Waals surface area (Å²) < 4.78 is 5.33. The van der Waals surface area contributed by atoms with Gasteiger partial charge in [0, 0.05) is 24.6 Å². The molecule has 0 radical (unpaired) electrons. The zero-order valence-electron chi connectivity index (χ0n) is 17.0. The minimum absolute atomic E-state index is 0.200. The highest BCUT2D eigenvalue weighted by Crippen LogP contribution is 2.25. The number of rotatable bonds is 8. The number of methoxy groups -OCH3 is 1. The fraction of sp³-hybridized carbons (Fsp3) is 0.261. The van der Waals surface area contributed by atoms with Crippen LogP contribution in [0.4, 0.5) is 11.6 Å². The number of hydrogen-bond acceptors (Lipinski definition) is 5. The van der Waals surface area contributed by atoms with Crippen molar-refractivity contribution >= 4 is 17.5 Å². The average Bonchev–Trinajstić information content (AvgIpc) is 2.74. The van der Waals surface area contributed by atoms with E-state index in [1.165, 1.54) is 18.0 Å². The highest BCUT2D eigenvalue weighted by Gasteiger charge is 2.10. The minimum Gasteiger partial charge on any atom is -0.496 e. The summed E-state index contributed by atoms with van der Waals surface area (Å²) in [6.07, 6.45) is 3.75. The average molecular weight is 390 g/mol. The van der Waals surface area contributed by atoms with Gasteiger partial charge in [-0.15, -0.1) is 0 Å². The van der Waals surface area contributed by atoms with Gasteiger partial charge in [-0.2, -0.15) is 0 Å². The molecule has 0 saturated heterocycles. The molecular formula is C23H26N4O2. The van der Waals surface area contributed by atoms with E-state index in [0.717, 1.165) is 17.0 Å². The monoisotopic (exact) mass is 390 g/mol. The molecule has 1 amide bonds. The van der Waals surface area contributed by atoms with Gasteiger partial charge in [-0.1, -0.05) is 50.2 Å². The normalized spacial score (nSPS) is 10.6. The molecule has 0 bridgehead atoms. The number of carbonyl (C=O) groups is 1. The SMILES string of the molecule is COc1ccccc1CCNC(=O)c1cnc(Nc2ccccc2C(C)C)nc1. The van der Waals surface area contributed by atoms with Crippen LogP contribution in [0.2, 0.25) is 0 Å². The van der Waals surface area contributed by atoms with Crippen molar-refractivity contribution in [3.63, 3.8) is 0 Å². The summed E-state index contributed by atoms with van der Waals surface area (Å²) in [5.41, 5.74) is 3.63. The lowest BCUT2D eigenvalue weighted by molar-refractivity contribution is 0.0953. The molecule has 2 aromatic carbocycles. The predicted octanol–water partition coefficient (Wildman–Crippen LogP) is 4.32. The van der Waals surface area contributed by atoms with Crippen LogP contribution in [0.1, 0.15) is 41.3 Å². The Morgan fingerprint density at radius 3 is 2.45 bits per heavy atom. The number of benzene rings is 2. The number of para-hydroxylation sites is 2. The van der Waals surface area contributed by atoms with Crippen molar-refractivity contribution in [1.29, 1.82) is 0 Å². The number of aromatic nitrogens is 2. The largest absolute Gasteiger partial charge is 0.496 e. The summed E-state index contributed by atoms with van der Waals surface area (Å²) in [6, 6.07) is 15.8. The van der Waals surface area contributed by atoms with Gasteiger partial charge in [0.05, 0.1) is 12.7 Å². The van der Waals surface area contributed by atoms with Crippen LogP contribution in [-0.4, -0.2) is 29.5 Å². The third-order valence-electron chi connectivity index (χ3n) is 4.62. The molecule has 3 aromatic rings. The summed E-state index contributed by atoms with van der Waals surface area (Å²) in [6.45, 7) is 4.78. The molecule has 150 valence electrons. The maximum Gasteiger partial charge on any atom is 0.254 e. The van der Waals surface area contributed by atoms with Gasteiger partial charge in [-0.05, 0) is 35.6 Å². The van der Waals surface area contributed by atoms with Gasteiger partial charge in [-0.25, -0.2) is 9.97 Å². The molecule has 3 rings (SSSR count). The Labute approximate surface area is 171 Å². The fourth-order valence-corrected chi connectivity index (χ4v) is 3.07. The van der Waals surface area contributed by atoms with Crippen molar-refractivity contribution < 1.29 is 9.53 Å². The molecule has 6 nitrogen and oxygen atoms in total. The zero-order chi connectivity index (χ0) is 20.6. The van der Waals surface area contributed by atoms with E-state index in [0.29, 0.717) is 30.4 Å². The van der Waals surface area contributed by atoms with Crippen LogP contribution in [0.5, 0.6) is 5.75 Å². The Balaban J connectivity index is 1.58. The van der Waals surface area contributed by atoms with Crippen molar-refractivity contribution in [2.24, 2.45) is 0 Å². The van der Waals surface area contributed by atoms with Gasteiger partial charge in [0.25, 0.3) is 5.91 Å². The standard InChI is InChI=1S/C23H26N4O2/c1-16(2)19-9-5-6-10-20(19)27-23-25-14-18(15-26-23)22(28)24-13-12-17-8-4-7-11-21(17)29-3/h4-11,14-16H,12-13H2,1-3H3,(H,24,28)(H,25,26,27). The van der Waals surface area contributed by atoms with Gasteiger partial charge in [0.15, 0.2) is 0 Å². The van der Waals surface area contributed by atoms with Gasteiger partial charge >= 0.3 is 0 Å². The molecule has 0 fully saturated rings. The number of nitrogens with zero attached hydrogens (tertiary/aromatic N) is 2. The van der Waals surface area contributed by atoms with E-state index in [1.54, 1.807) is 7.11 Å². The topological polar surface area (TPSA) is 76.1 Å². The molecule has 1 aromatic heterocycles. The Kier molecular flexibility index (Phi) is 6.79. The molecule has 6 heteroatoms. The summed E-state index contributed by atoms with van der Waals surface area (Å²) >= 11 is 0. The van der Waals surface area contributed by atoms with E-state index in [1.807, 2.05) is 42.5 Å². The first-order valence-electron chi connectivity index (χ1n) is 9.66. The number of ether oxygens (including phenoxy) is 1.